The van der Waals surface area contributed by atoms with Crippen LogP contribution in [0.5, 0.6) is 0 Å². The van der Waals surface area contributed by atoms with Crippen molar-refractivity contribution in [1.29, 1.82) is 0 Å². The largest absolute Gasteiger partial charge is 0.330 e. The van der Waals surface area contributed by atoms with Crippen molar-refractivity contribution in [3.63, 3.8) is 0 Å². The van der Waals surface area contributed by atoms with Gasteiger partial charge in [-0.05, 0) is 56.4 Å². The van der Waals surface area contributed by atoms with Crippen LogP contribution in [0.25, 0.3) is 0 Å². The monoisotopic (exact) mass is 283 g/mol. The van der Waals surface area contributed by atoms with Gasteiger partial charge in [0.15, 0.2) is 0 Å². The van der Waals surface area contributed by atoms with Crippen molar-refractivity contribution in [2.75, 3.05) is 6.54 Å². The Kier molecular flexibility index (Phi) is 3.99. The molecule has 1 aromatic heterocycles. The lowest BCUT2D eigenvalue weighted by molar-refractivity contribution is 0.106. The predicted octanol–water partition coefficient (Wildman–Crippen LogP) is 3.47. The minimum absolute atomic E-state index is 0.208. The summed E-state index contributed by atoms with van der Waals surface area (Å²) in [5.41, 5.74) is 8.84. The van der Waals surface area contributed by atoms with Gasteiger partial charge in [0.05, 0.1) is 16.4 Å². The van der Waals surface area contributed by atoms with Crippen LogP contribution in [0, 0.1) is 17.8 Å². The Bertz CT molecular complexity index is 452. The van der Waals surface area contributed by atoms with Crippen molar-refractivity contribution >= 4 is 11.6 Å². The molecule has 1 aromatic rings. The van der Waals surface area contributed by atoms with Gasteiger partial charge in [0.1, 0.15) is 0 Å². The summed E-state index contributed by atoms with van der Waals surface area (Å²) in [5, 5.41) is 5.23. The molecule has 1 aliphatic rings. The first kappa shape index (κ1) is 14.9. The van der Waals surface area contributed by atoms with Crippen molar-refractivity contribution in [2.45, 2.75) is 52.9 Å². The molecule has 108 valence electrons. The maximum absolute atomic E-state index is 6.38. The average Bonchev–Trinajstić information content (AvgIpc) is 2.59. The van der Waals surface area contributed by atoms with E-state index in [9.17, 15) is 0 Å². The smallest absolute Gasteiger partial charge is 0.0847 e. The number of aryl methyl sites for hydroxylation is 2. The minimum Gasteiger partial charge on any atom is -0.330 e. The number of nitrogens with zero attached hydrogens (tertiary/aromatic N) is 2. The lowest BCUT2D eigenvalue weighted by atomic mass is 9.63. The third kappa shape index (κ3) is 2.97. The molecule has 1 fully saturated rings. The summed E-state index contributed by atoms with van der Waals surface area (Å²) in [7, 11) is 1.98. The molecule has 0 bridgehead atoms. The first-order valence-corrected chi connectivity index (χ1v) is 7.54. The Balaban J connectivity index is 2.20. The molecule has 1 heterocycles. The van der Waals surface area contributed by atoms with Gasteiger partial charge in [-0.1, -0.05) is 25.4 Å². The normalized spacial score (nSPS) is 21.6. The van der Waals surface area contributed by atoms with E-state index in [2.05, 4.69) is 18.9 Å². The van der Waals surface area contributed by atoms with Crippen molar-refractivity contribution in [3.05, 3.63) is 16.4 Å². The van der Waals surface area contributed by atoms with Crippen molar-refractivity contribution in [1.82, 2.24) is 9.78 Å². The van der Waals surface area contributed by atoms with E-state index in [1.165, 1.54) is 25.7 Å². The van der Waals surface area contributed by atoms with Crippen LogP contribution in [0.1, 0.15) is 50.9 Å². The lowest BCUT2D eigenvalue weighted by Crippen LogP contribution is -2.39. The molecule has 0 spiro atoms. The number of halogens is 1. The van der Waals surface area contributed by atoms with Gasteiger partial charge in [0, 0.05) is 7.05 Å². The quantitative estimate of drug-likeness (QED) is 0.923. The van der Waals surface area contributed by atoms with Crippen molar-refractivity contribution < 1.29 is 0 Å². The van der Waals surface area contributed by atoms with Gasteiger partial charge in [0.2, 0.25) is 0 Å². The Morgan fingerprint density at radius 1 is 1.26 bits per heavy atom. The van der Waals surface area contributed by atoms with E-state index in [4.69, 9.17) is 17.3 Å². The van der Waals surface area contributed by atoms with Crippen LogP contribution in [-0.2, 0) is 13.5 Å². The van der Waals surface area contributed by atoms with Crippen LogP contribution in [0.4, 0.5) is 0 Å². The molecule has 1 saturated carbocycles. The van der Waals surface area contributed by atoms with E-state index in [1.807, 2.05) is 18.7 Å². The summed E-state index contributed by atoms with van der Waals surface area (Å²) in [6.45, 7) is 7.41. The van der Waals surface area contributed by atoms with Crippen LogP contribution in [0.2, 0.25) is 5.02 Å². The highest BCUT2D eigenvalue weighted by Crippen LogP contribution is 2.46. The zero-order valence-electron chi connectivity index (χ0n) is 12.6. The minimum atomic E-state index is 0.208. The highest BCUT2D eigenvalue weighted by molar-refractivity contribution is 6.31. The van der Waals surface area contributed by atoms with Gasteiger partial charge in [-0.25, -0.2) is 0 Å². The molecule has 0 aliphatic heterocycles. The van der Waals surface area contributed by atoms with Crippen LogP contribution in [0.3, 0.4) is 0 Å². The van der Waals surface area contributed by atoms with E-state index < -0.39 is 0 Å². The van der Waals surface area contributed by atoms with Crippen LogP contribution < -0.4 is 5.73 Å². The summed E-state index contributed by atoms with van der Waals surface area (Å²) in [5.74, 6) is 0. The van der Waals surface area contributed by atoms with Gasteiger partial charge in [-0.3, -0.25) is 4.68 Å². The molecule has 0 atom stereocenters. The van der Waals surface area contributed by atoms with E-state index in [1.54, 1.807) is 0 Å². The third-order valence-corrected chi connectivity index (χ3v) is 5.39. The van der Waals surface area contributed by atoms with E-state index in [-0.39, 0.29) is 5.41 Å². The molecular weight excluding hydrogens is 258 g/mol. The fourth-order valence-corrected chi connectivity index (χ4v) is 3.36. The molecule has 0 amide bonds. The summed E-state index contributed by atoms with van der Waals surface area (Å²) >= 11 is 6.38. The summed E-state index contributed by atoms with van der Waals surface area (Å²) in [4.78, 5) is 0. The van der Waals surface area contributed by atoms with Crippen molar-refractivity contribution in [3.8, 4) is 0 Å². The highest BCUT2D eigenvalue weighted by atomic mass is 35.5. The molecule has 2 N–H and O–H groups in total. The molecule has 0 saturated heterocycles. The molecule has 0 radical (unpaired) electrons. The SMILES string of the molecule is Cc1nn(C)c(CC2(CN)CCC(C)(C)CC2)c1Cl. The molecule has 2 rings (SSSR count). The summed E-state index contributed by atoms with van der Waals surface area (Å²) in [6.07, 6.45) is 5.83. The first-order chi connectivity index (χ1) is 8.79. The number of aromatic nitrogens is 2. The van der Waals surface area contributed by atoms with Gasteiger partial charge >= 0.3 is 0 Å². The lowest BCUT2D eigenvalue weighted by Gasteiger charge is -2.43. The molecule has 4 heteroatoms. The zero-order chi connectivity index (χ0) is 14.3. The topological polar surface area (TPSA) is 43.8 Å². The van der Waals surface area contributed by atoms with Gasteiger partial charge in [-0.2, -0.15) is 5.10 Å². The van der Waals surface area contributed by atoms with Gasteiger partial charge < -0.3 is 5.73 Å². The number of nitrogens with two attached hydrogens (primary N) is 1. The Hall–Kier alpha value is -0.540. The predicted molar refractivity (Wildman–Crippen MR) is 80.4 cm³/mol. The Labute approximate surface area is 121 Å². The second-order valence-electron chi connectivity index (χ2n) is 7.01. The molecule has 19 heavy (non-hydrogen) atoms. The Morgan fingerprint density at radius 3 is 2.26 bits per heavy atom. The molecule has 0 aromatic carbocycles. The van der Waals surface area contributed by atoms with Crippen LogP contribution in [-0.4, -0.2) is 16.3 Å². The van der Waals surface area contributed by atoms with Gasteiger partial charge in [0.25, 0.3) is 0 Å². The van der Waals surface area contributed by atoms with E-state index in [0.29, 0.717) is 5.41 Å². The Morgan fingerprint density at radius 2 is 1.84 bits per heavy atom. The molecular formula is C15H26ClN3. The van der Waals surface area contributed by atoms with E-state index in [0.717, 1.165) is 29.4 Å². The van der Waals surface area contributed by atoms with Gasteiger partial charge in [-0.15, -0.1) is 0 Å². The number of hydrogen-bond acceptors (Lipinski definition) is 2. The zero-order valence-corrected chi connectivity index (χ0v) is 13.3. The molecule has 1 aliphatic carbocycles. The van der Waals surface area contributed by atoms with E-state index >= 15 is 0 Å². The second kappa shape index (κ2) is 5.10. The summed E-state index contributed by atoms with van der Waals surface area (Å²) < 4.78 is 1.93. The maximum atomic E-state index is 6.38. The third-order valence-electron chi connectivity index (χ3n) is 4.90. The second-order valence-corrected chi connectivity index (χ2v) is 7.39. The first-order valence-electron chi connectivity index (χ1n) is 7.17. The number of hydrogen-bond donors (Lipinski definition) is 1. The highest BCUT2D eigenvalue weighted by Gasteiger charge is 2.38. The van der Waals surface area contributed by atoms with Crippen molar-refractivity contribution in [2.24, 2.45) is 23.6 Å². The fraction of sp³-hybridized carbons (Fsp3) is 0.800. The standard InChI is InChI=1S/C15H26ClN3/c1-11-13(16)12(19(4)18-11)9-15(10-17)7-5-14(2,3)6-8-15/h5-10,17H2,1-4H3. The maximum Gasteiger partial charge on any atom is 0.0847 e. The average molecular weight is 284 g/mol. The van der Waals surface area contributed by atoms with Crippen LogP contribution in [0.15, 0.2) is 0 Å². The fourth-order valence-electron chi connectivity index (χ4n) is 3.14. The molecule has 0 unspecified atom stereocenters. The molecule has 3 nitrogen and oxygen atoms in total. The van der Waals surface area contributed by atoms with Crippen LogP contribution >= 0.6 is 11.6 Å². The summed E-state index contributed by atoms with van der Waals surface area (Å²) in [6, 6.07) is 0. The number of rotatable bonds is 3.